The quantitative estimate of drug-likeness (QED) is 0.780. The van der Waals surface area contributed by atoms with Crippen molar-refractivity contribution in [1.29, 1.82) is 0 Å². The SMILES string of the molecule is Cl.O=C(C1CSCCS1)N1CCCNCC1. The van der Waals surface area contributed by atoms with Gasteiger partial charge >= 0.3 is 0 Å². The first kappa shape index (κ1) is 14.5. The highest BCUT2D eigenvalue weighted by Gasteiger charge is 2.26. The molecule has 0 aromatic heterocycles. The third kappa shape index (κ3) is 4.02. The van der Waals surface area contributed by atoms with E-state index >= 15 is 0 Å². The first-order valence-corrected chi connectivity index (χ1v) is 7.77. The first-order chi connectivity index (χ1) is 7.38. The number of nitrogens with one attached hydrogen (secondary N) is 1. The summed E-state index contributed by atoms with van der Waals surface area (Å²) in [6, 6.07) is 0. The van der Waals surface area contributed by atoms with E-state index in [9.17, 15) is 4.79 Å². The van der Waals surface area contributed by atoms with Crippen molar-refractivity contribution >= 4 is 41.8 Å². The van der Waals surface area contributed by atoms with Crippen LogP contribution in [0.1, 0.15) is 6.42 Å². The van der Waals surface area contributed by atoms with E-state index in [0.29, 0.717) is 5.91 Å². The zero-order chi connectivity index (χ0) is 10.5. The van der Waals surface area contributed by atoms with E-state index in [-0.39, 0.29) is 17.7 Å². The van der Waals surface area contributed by atoms with Crippen LogP contribution in [-0.4, -0.2) is 59.5 Å². The van der Waals surface area contributed by atoms with E-state index < -0.39 is 0 Å². The summed E-state index contributed by atoms with van der Waals surface area (Å²) in [5, 5.41) is 3.55. The monoisotopic (exact) mass is 282 g/mol. The van der Waals surface area contributed by atoms with Crippen LogP contribution in [0.5, 0.6) is 0 Å². The maximum absolute atomic E-state index is 12.2. The second-order valence-corrected chi connectivity index (χ2v) is 6.32. The molecule has 0 radical (unpaired) electrons. The minimum atomic E-state index is 0. The van der Waals surface area contributed by atoms with Crippen molar-refractivity contribution in [3.63, 3.8) is 0 Å². The van der Waals surface area contributed by atoms with Gasteiger partial charge in [-0.2, -0.15) is 11.8 Å². The molecule has 2 aliphatic heterocycles. The van der Waals surface area contributed by atoms with E-state index in [1.165, 1.54) is 5.75 Å². The summed E-state index contributed by atoms with van der Waals surface area (Å²) < 4.78 is 0. The molecular weight excluding hydrogens is 264 g/mol. The van der Waals surface area contributed by atoms with Crippen molar-refractivity contribution in [2.24, 2.45) is 0 Å². The van der Waals surface area contributed by atoms with Crippen molar-refractivity contribution in [2.45, 2.75) is 11.7 Å². The van der Waals surface area contributed by atoms with Gasteiger partial charge in [-0.25, -0.2) is 0 Å². The molecule has 2 aliphatic rings. The van der Waals surface area contributed by atoms with Gasteiger partial charge in [0.15, 0.2) is 0 Å². The van der Waals surface area contributed by atoms with E-state index in [4.69, 9.17) is 0 Å². The standard InChI is InChI=1S/C10H18N2OS2.ClH/c13-10(9-8-14-6-7-15-9)12-4-1-2-11-3-5-12;/h9,11H,1-8H2;1H. The molecule has 0 aromatic rings. The van der Waals surface area contributed by atoms with Crippen LogP contribution in [-0.2, 0) is 4.79 Å². The third-order valence-electron chi connectivity index (χ3n) is 2.74. The third-order valence-corrected chi connectivity index (χ3v) is 5.48. The number of hydrogen-bond donors (Lipinski definition) is 1. The number of rotatable bonds is 1. The topological polar surface area (TPSA) is 32.3 Å². The number of amides is 1. The highest BCUT2D eigenvalue weighted by atomic mass is 35.5. The van der Waals surface area contributed by atoms with Crippen LogP contribution in [0.3, 0.4) is 0 Å². The van der Waals surface area contributed by atoms with Crippen molar-refractivity contribution in [3.8, 4) is 0 Å². The van der Waals surface area contributed by atoms with Crippen LogP contribution in [0.25, 0.3) is 0 Å². The van der Waals surface area contributed by atoms with Crippen LogP contribution in [0.4, 0.5) is 0 Å². The Balaban J connectivity index is 0.00000128. The van der Waals surface area contributed by atoms with Gasteiger partial charge in [0.2, 0.25) is 5.91 Å². The molecular formula is C10H19ClN2OS2. The minimum Gasteiger partial charge on any atom is -0.340 e. The lowest BCUT2D eigenvalue weighted by molar-refractivity contribution is -0.130. The zero-order valence-corrected chi connectivity index (χ0v) is 11.8. The summed E-state index contributed by atoms with van der Waals surface area (Å²) in [6.45, 7) is 3.83. The van der Waals surface area contributed by atoms with Crippen molar-refractivity contribution in [3.05, 3.63) is 0 Å². The lowest BCUT2D eigenvalue weighted by atomic mass is 10.3. The Kier molecular flexibility index (Phi) is 6.96. The first-order valence-electron chi connectivity index (χ1n) is 5.57. The lowest BCUT2D eigenvalue weighted by Gasteiger charge is -2.27. The van der Waals surface area contributed by atoms with Gasteiger partial charge in [-0.05, 0) is 13.0 Å². The Morgan fingerprint density at radius 1 is 1.25 bits per heavy atom. The molecule has 1 amide bonds. The maximum atomic E-state index is 12.2. The molecule has 0 bridgehead atoms. The molecule has 1 unspecified atom stereocenters. The Morgan fingerprint density at radius 3 is 2.88 bits per heavy atom. The Hall–Kier alpha value is 0.420. The van der Waals surface area contributed by atoms with Crippen LogP contribution in [0, 0.1) is 0 Å². The van der Waals surface area contributed by atoms with Gasteiger partial charge in [-0.15, -0.1) is 24.2 Å². The van der Waals surface area contributed by atoms with Crippen molar-refractivity contribution in [1.82, 2.24) is 10.2 Å². The summed E-state index contributed by atoms with van der Waals surface area (Å²) in [5.74, 6) is 3.72. The molecule has 0 aromatic carbocycles. The molecule has 94 valence electrons. The Morgan fingerprint density at radius 2 is 2.12 bits per heavy atom. The van der Waals surface area contributed by atoms with Crippen LogP contribution in [0.15, 0.2) is 0 Å². The van der Waals surface area contributed by atoms with E-state index in [1.807, 2.05) is 28.4 Å². The van der Waals surface area contributed by atoms with Gasteiger partial charge in [0.1, 0.15) is 0 Å². The van der Waals surface area contributed by atoms with Crippen molar-refractivity contribution < 1.29 is 4.79 Å². The average Bonchev–Trinajstić information content (AvgIpc) is 2.58. The molecule has 1 N–H and O–H groups in total. The van der Waals surface area contributed by atoms with Gasteiger partial charge < -0.3 is 10.2 Å². The Bertz CT molecular complexity index is 217. The smallest absolute Gasteiger partial charge is 0.236 e. The maximum Gasteiger partial charge on any atom is 0.236 e. The van der Waals surface area contributed by atoms with Gasteiger partial charge in [-0.1, -0.05) is 0 Å². The van der Waals surface area contributed by atoms with E-state index in [1.54, 1.807) is 0 Å². The fourth-order valence-corrected chi connectivity index (χ4v) is 4.53. The summed E-state index contributed by atoms with van der Waals surface area (Å²) >= 11 is 3.76. The summed E-state index contributed by atoms with van der Waals surface area (Å²) in [6.07, 6.45) is 1.09. The normalized spacial score (nSPS) is 26.8. The molecule has 16 heavy (non-hydrogen) atoms. The molecule has 3 nitrogen and oxygen atoms in total. The second kappa shape index (κ2) is 7.69. The molecule has 0 aliphatic carbocycles. The number of nitrogens with zero attached hydrogens (tertiary/aromatic N) is 1. The predicted molar refractivity (Wildman–Crippen MR) is 74.9 cm³/mol. The molecule has 6 heteroatoms. The second-order valence-electron chi connectivity index (χ2n) is 3.86. The molecule has 1 atom stereocenters. The highest BCUT2D eigenvalue weighted by molar-refractivity contribution is 8.07. The fourth-order valence-electron chi connectivity index (χ4n) is 1.90. The zero-order valence-electron chi connectivity index (χ0n) is 9.31. The van der Waals surface area contributed by atoms with E-state index in [0.717, 1.165) is 44.1 Å². The highest BCUT2D eigenvalue weighted by Crippen LogP contribution is 2.25. The minimum absolute atomic E-state index is 0. The number of thioether (sulfide) groups is 2. The molecule has 0 saturated carbocycles. The van der Waals surface area contributed by atoms with Crippen LogP contribution in [0.2, 0.25) is 0 Å². The number of carbonyl (C=O) groups is 1. The number of halogens is 1. The average molecular weight is 283 g/mol. The van der Waals surface area contributed by atoms with E-state index in [2.05, 4.69) is 5.32 Å². The number of carbonyl (C=O) groups excluding carboxylic acids is 1. The van der Waals surface area contributed by atoms with Gasteiger partial charge in [0.25, 0.3) is 0 Å². The molecule has 2 rings (SSSR count). The molecule has 2 heterocycles. The van der Waals surface area contributed by atoms with Gasteiger partial charge in [0.05, 0.1) is 5.25 Å². The number of hydrogen-bond acceptors (Lipinski definition) is 4. The summed E-state index contributed by atoms with van der Waals surface area (Å²) in [4.78, 5) is 14.2. The Labute approximate surface area is 112 Å². The van der Waals surface area contributed by atoms with Crippen LogP contribution >= 0.6 is 35.9 Å². The predicted octanol–water partition coefficient (Wildman–Crippen LogP) is 1.08. The largest absolute Gasteiger partial charge is 0.340 e. The lowest BCUT2D eigenvalue weighted by Crippen LogP contribution is -2.41. The molecule has 2 fully saturated rings. The van der Waals surface area contributed by atoms with Gasteiger partial charge in [0, 0.05) is 36.9 Å². The summed E-state index contributed by atoms with van der Waals surface area (Å²) in [5.41, 5.74) is 0. The van der Waals surface area contributed by atoms with Gasteiger partial charge in [-0.3, -0.25) is 4.79 Å². The van der Waals surface area contributed by atoms with Crippen molar-refractivity contribution in [2.75, 3.05) is 43.4 Å². The molecule has 0 spiro atoms. The summed E-state index contributed by atoms with van der Waals surface area (Å²) in [7, 11) is 0. The molecule has 2 saturated heterocycles. The van der Waals surface area contributed by atoms with Crippen LogP contribution < -0.4 is 5.32 Å². The fraction of sp³-hybridized carbons (Fsp3) is 0.900.